The van der Waals surface area contributed by atoms with Gasteiger partial charge in [-0.3, -0.25) is 4.79 Å². The summed E-state index contributed by atoms with van der Waals surface area (Å²) in [4.78, 5) is 9.75. The second kappa shape index (κ2) is 10.7. The Balaban J connectivity index is -0.0000000408. The van der Waals surface area contributed by atoms with Gasteiger partial charge in [0.2, 0.25) is 0 Å². The van der Waals surface area contributed by atoms with Gasteiger partial charge in [-0.05, 0) is 0 Å². The molecule has 50 valence electrons. The average molecular weight is 199 g/mol. The summed E-state index contributed by atoms with van der Waals surface area (Å²) in [5, 5.41) is 10.3. The van der Waals surface area contributed by atoms with E-state index in [4.69, 9.17) is 5.11 Å². The van der Waals surface area contributed by atoms with Crippen molar-refractivity contribution in [2.45, 2.75) is 0 Å². The number of rotatable bonds is 2. The smallest absolute Gasteiger partial charge is 1.00 e. The van der Waals surface area contributed by atoms with Crippen molar-refractivity contribution in [3.8, 4) is 0 Å². The van der Waals surface area contributed by atoms with E-state index < -0.39 is 5.97 Å². The predicted octanol–water partition coefficient (Wildman–Crippen LogP) is -5.89. The first-order valence-corrected chi connectivity index (χ1v) is 2.67. The molecular weight excluding hydrogens is 192 g/mol. The number of hydrogen-bond acceptors (Lipinski definition) is 2. The first kappa shape index (κ1) is 17.7. The fourth-order valence-electron chi connectivity index (χ4n) is 0.151. The average Bonchev–Trinajstić information content (AvgIpc) is 1.61. The Morgan fingerprint density at radius 1 is 1.70 bits per heavy atom. The second-order valence-corrected chi connectivity index (χ2v) is 2.21. The molecule has 0 fully saturated rings. The molecule has 0 aliphatic rings. The van der Waals surface area contributed by atoms with E-state index in [9.17, 15) is 4.79 Å². The number of carboxylic acids is 1. The summed E-state index contributed by atoms with van der Waals surface area (Å²) in [6.45, 7) is -0.164. The van der Waals surface area contributed by atoms with E-state index in [1.54, 1.807) is 0 Å². The molecule has 0 aliphatic carbocycles. The van der Waals surface area contributed by atoms with Crippen LogP contribution in [0.1, 0.15) is 2.85 Å². The van der Waals surface area contributed by atoms with Crippen molar-refractivity contribution in [2.24, 2.45) is 0 Å². The number of thiocarbonyl (C=S) groups is 1. The maximum absolute atomic E-state index is 9.75. The van der Waals surface area contributed by atoms with Crippen LogP contribution in [0.5, 0.6) is 0 Å². The number of nitrogens with one attached hydrogen (secondary N) is 1. The Labute approximate surface area is 117 Å². The Morgan fingerprint density at radius 2 is 2.10 bits per heavy atom. The Kier molecular flexibility index (Phi) is 19.0. The van der Waals surface area contributed by atoms with Crippen LogP contribution in [0.25, 0.3) is 0 Å². The molecule has 0 bridgehead atoms. The normalized spacial score (nSPS) is 6.50. The van der Waals surface area contributed by atoms with Crippen molar-refractivity contribution in [1.82, 2.24) is 5.32 Å². The van der Waals surface area contributed by atoms with Crippen LogP contribution < -0.4 is 64.4 Å². The third kappa shape index (κ3) is 16.4. The molecular formula is C3H7NNa2O2S2. The molecule has 0 aromatic rings. The van der Waals surface area contributed by atoms with Gasteiger partial charge in [0.1, 0.15) is 10.9 Å². The molecule has 3 nitrogen and oxygen atoms in total. The number of thiol groups is 1. The minimum Gasteiger partial charge on any atom is -1.00 e. The fraction of sp³-hybridized carbons (Fsp3) is 0.333. The summed E-state index contributed by atoms with van der Waals surface area (Å²) in [7, 11) is 0. The summed E-state index contributed by atoms with van der Waals surface area (Å²) in [5.74, 6) is -0.943. The Bertz CT molecular complexity index is 115. The molecule has 0 saturated heterocycles. The van der Waals surface area contributed by atoms with Gasteiger partial charge >= 0.3 is 65.1 Å². The second-order valence-electron chi connectivity index (χ2n) is 1.05. The standard InChI is InChI=1S/C3H5NO2S2.2Na.2H/c5-2(6)1-4-3(7)8;;;;/h1H2,(H,5,6)(H2,4,7,8);;;;/q;2*+1;2*-1. The molecule has 7 heteroatoms. The summed E-state index contributed by atoms with van der Waals surface area (Å²) in [5.41, 5.74) is 0. The van der Waals surface area contributed by atoms with Crippen molar-refractivity contribution in [1.29, 1.82) is 0 Å². The molecule has 0 rings (SSSR count). The third-order valence-corrected chi connectivity index (χ3v) is 0.693. The summed E-state index contributed by atoms with van der Waals surface area (Å²) >= 11 is 8.03. The first-order chi connectivity index (χ1) is 3.63. The number of aliphatic carboxylic acids is 1. The zero-order valence-corrected chi connectivity index (χ0v) is 11.6. The van der Waals surface area contributed by atoms with Crippen LogP contribution in [0, 0.1) is 0 Å². The van der Waals surface area contributed by atoms with E-state index in [-0.39, 0.29) is 72.8 Å². The Hall–Kier alpha value is 1.71. The summed E-state index contributed by atoms with van der Waals surface area (Å²) in [6, 6.07) is 0. The van der Waals surface area contributed by atoms with Crippen molar-refractivity contribution in [2.75, 3.05) is 6.54 Å². The topological polar surface area (TPSA) is 49.3 Å². The molecule has 0 spiro atoms. The molecule has 10 heavy (non-hydrogen) atoms. The van der Waals surface area contributed by atoms with Gasteiger partial charge in [-0.15, -0.1) is 12.6 Å². The summed E-state index contributed by atoms with van der Waals surface area (Å²) < 4.78 is 0.201. The van der Waals surface area contributed by atoms with E-state index in [1.165, 1.54) is 0 Å². The molecule has 0 atom stereocenters. The molecule has 0 amide bonds. The SMILES string of the molecule is O=C(O)CNC(=S)S.[H-].[H-].[Na+].[Na+]. The van der Waals surface area contributed by atoms with Gasteiger partial charge in [0.15, 0.2) is 0 Å². The Morgan fingerprint density at radius 3 is 2.20 bits per heavy atom. The van der Waals surface area contributed by atoms with Gasteiger partial charge in [0, 0.05) is 0 Å². The molecule has 0 saturated carbocycles. The monoisotopic (exact) mass is 199 g/mol. The molecule has 0 unspecified atom stereocenters. The van der Waals surface area contributed by atoms with Crippen LogP contribution in [0.15, 0.2) is 0 Å². The van der Waals surface area contributed by atoms with Crippen molar-refractivity contribution >= 4 is 35.1 Å². The van der Waals surface area contributed by atoms with Crippen molar-refractivity contribution in [3.05, 3.63) is 0 Å². The minimum atomic E-state index is -0.943. The zero-order chi connectivity index (χ0) is 6.57. The van der Waals surface area contributed by atoms with Crippen LogP contribution in [0.2, 0.25) is 0 Å². The van der Waals surface area contributed by atoms with Gasteiger partial charge in [-0.25, -0.2) is 0 Å². The maximum Gasteiger partial charge on any atom is 1.00 e. The predicted molar refractivity (Wildman–Crippen MR) is 39.4 cm³/mol. The van der Waals surface area contributed by atoms with Gasteiger partial charge in [-0.2, -0.15) is 0 Å². The number of carbonyl (C=O) groups is 1. The van der Waals surface area contributed by atoms with Crippen molar-refractivity contribution in [3.63, 3.8) is 0 Å². The third-order valence-electron chi connectivity index (χ3n) is 0.391. The van der Waals surface area contributed by atoms with Crippen LogP contribution >= 0.6 is 24.8 Å². The van der Waals surface area contributed by atoms with Crippen LogP contribution in [-0.2, 0) is 4.79 Å². The first-order valence-electron chi connectivity index (χ1n) is 1.81. The number of hydrogen-bond donors (Lipinski definition) is 3. The molecule has 0 aliphatic heterocycles. The minimum absolute atomic E-state index is 0. The summed E-state index contributed by atoms with van der Waals surface area (Å²) in [6.07, 6.45) is 0. The van der Waals surface area contributed by atoms with Gasteiger partial charge in [0.05, 0.1) is 0 Å². The quantitative estimate of drug-likeness (QED) is 0.235. The van der Waals surface area contributed by atoms with Crippen LogP contribution in [0.3, 0.4) is 0 Å². The largest absolute Gasteiger partial charge is 1.00 e. The molecule has 0 aromatic carbocycles. The zero-order valence-electron chi connectivity index (χ0n) is 7.92. The van der Waals surface area contributed by atoms with E-state index in [2.05, 4.69) is 30.2 Å². The van der Waals surface area contributed by atoms with Gasteiger partial charge in [-0.1, -0.05) is 12.2 Å². The fourth-order valence-corrected chi connectivity index (χ4v) is 0.302. The van der Waals surface area contributed by atoms with Gasteiger partial charge < -0.3 is 13.3 Å². The van der Waals surface area contributed by atoms with E-state index in [1.807, 2.05) is 0 Å². The maximum atomic E-state index is 9.75. The van der Waals surface area contributed by atoms with Crippen molar-refractivity contribution < 1.29 is 71.9 Å². The molecule has 2 N–H and O–H groups in total. The number of carboxylic acid groups (broad SMARTS) is 1. The molecule has 0 radical (unpaired) electrons. The van der Waals surface area contributed by atoms with Crippen LogP contribution in [-0.4, -0.2) is 21.9 Å². The van der Waals surface area contributed by atoms with E-state index in [0.29, 0.717) is 0 Å². The van der Waals surface area contributed by atoms with Gasteiger partial charge in [0.25, 0.3) is 0 Å². The molecule has 0 heterocycles. The van der Waals surface area contributed by atoms with E-state index in [0.717, 1.165) is 0 Å². The van der Waals surface area contributed by atoms with E-state index >= 15 is 0 Å². The molecule has 0 aromatic heterocycles. The van der Waals surface area contributed by atoms with Crippen LogP contribution in [0.4, 0.5) is 0 Å².